The number of carbonyl (C=O) groups excluding carboxylic acids is 1. The summed E-state index contributed by atoms with van der Waals surface area (Å²) >= 11 is 0. The van der Waals surface area contributed by atoms with Crippen LogP contribution >= 0.6 is 0 Å². The molecule has 0 aromatic heterocycles. The summed E-state index contributed by atoms with van der Waals surface area (Å²) in [6.07, 6.45) is 2.98. The van der Waals surface area contributed by atoms with Gasteiger partial charge in [-0.3, -0.25) is 4.72 Å². The summed E-state index contributed by atoms with van der Waals surface area (Å²) in [7, 11) is -3.67. The minimum absolute atomic E-state index is 0.242. The minimum atomic E-state index is -3.67. The van der Waals surface area contributed by atoms with Crippen molar-refractivity contribution < 1.29 is 13.2 Å². The number of primary amides is 1. The van der Waals surface area contributed by atoms with Crippen LogP contribution in [0.5, 0.6) is 0 Å². The standard InChI is InChI=1S/C16H17N3O3S/c17-16(20)18-13-5-2-6-14(10-13)19-23(21,22)15-8-7-11-3-1-4-12(11)9-15/h2,5-10,19H,1,3-4H2,(H3,17,18,20). The van der Waals surface area contributed by atoms with Crippen molar-refractivity contribution in [2.24, 2.45) is 5.73 Å². The van der Waals surface area contributed by atoms with Crippen molar-refractivity contribution in [1.82, 2.24) is 0 Å². The average molecular weight is 331 g/mol. The van der Waals surface area contributed by atoms with E-state index in [1.54, 1.807) is 30.3 Å². The first-order chi connectivity index (χ1) is 10.9. The molecule has 0 radical (unpaired) electrons. The number of nitrogens with two attached hydrogens (primary N) is 1. The highest BCUT2D eigenvalue weighted by Crippen LogP contribution is 2.26. The van der Waals surface area contributed by atoms with Gasteiger partial charge in [0, 0.05) is 5.69 Å². The molecule has 2 amide bonds. The lowest BCUT2D eigenvalue weighted by molar-refractivity contribution is 0.259. The second-order valence-electron chi connectivity index (χ2n) is 5.46. The van der Waals surface area contributed by atoms with E-state index in [0.717, 1.165) is 24.8 Å². The number of aryl methyl sites for hydroxylation is 2. The Labute approximate surface area is 134 Å². The SMILES string of the molecule is NC(=O)Nc1cccc(NS(=O)(=O)c2ccc3c(c2)CCC3)c1. The Bertz CT molecular complexity index is 863. The van der Waals surface area contributed by atoms with E-state index < -0.39 is 16.1 Å². The fourth-order valence-corrected chi connectivity index (χ4v) is 3.83. The molecule has 120 valence electrons. The van der Waals surface area contributed by atoms with Crippen molar-refractivity contribution in [2.45, 2.75) is 24.2 Å². The molecular formula is C16H17N3O3S. The Morgan fingerprint density at radius 2 is 1.74 bits per heavy atom. The van der Waals surface area contributed by atoms with Crippen LogP contribution in [0.1, 0.15) is 17.5 Å². The Morgan fingerprint density at radius 3 is 2.52 bits per heavy atom. The van der Waals surface area contributed by atoms with Crippen LogP contribution in [0.3, 0.4) is 0 Å². The van der Waals surface area contributed by atoms with Crippen LogP contribution in [-0.4, -0.2) is 14.4 Å². The second-order valence-corrected chi connectivity index (χ2v) is 7.14. The van der Waals surface area contributed by atoms with Crippen LogP contribution in [0.2, 0.25) is 0 Å². The first kappa shape index (κ1) is 15.4. The summed E-state index contributed by atoms with van der Waals surface area (Å²) in [5.74, 6) is 0. The summed E-state index contributed by atoms with van der Waals surface area (Å²) in [4.78, 5) is 11.1. The van der Waals surface area contributed by atoms with E-state index in [1.807, 2.05) is 6.07 Å². The number of amides is 2. The van der Waals surface area contributed by atoms with Gasteiger partial charge in [0.2, 0.25) is 0 Å². The highest BCUT2D eigenvalue weighted by atomic mass is 32.2. The number of anilines is 2. The number of rotatable bonds is 4. The number of urea groups is 1. The number of hydrogen-bond donors (Lipinski definition) is 3. The number of fused-ring (bicyclic) bond motifs is 1. The van der Waals surface area contributed by atoms with Gasteiger partial charge in [-0.25, -0.2) is 13.2 Å². The third-order valence-electron chi connectivity index (χ3n) is 3.76. The fourth-order valence-electron chi connectivity index (χ4n) is 2.73. The number of hydrogen-bond acceptors (Lipinski definition) is 3. The maximum absolute atomic E-state index is 12.5. The van der Waals surface area contributed by atoms with E-state index in [4.69, 9.17) is 5.73 Å². The van der Waals surface area contributed by atoms with E-state index in [-0.39, 0.29) is 4.90 Å². The molecule has 0 atom stereocenters. The van der Waals surface area contributed by atoms with Crippen molar-refractivity contribution >= 4 is 27.4 Å². The number of sulfonamides is 1. The van der Waals surface area contributed by atoms with Gasteiger partial charge in [0.15, 0.2) is 0 Å². The van der Waals surface area contributed by atoms with Crippen LogP contribution in [-0.2, 0) is 22.9 Å². The van der Waals surface area contributed by atoms with Gasteiger partial charge in [0.05, 0.1) is 10.6 Å². The van der Waals surface area contributed by atoms with Crippen molar-refractivity contribution in [1.29, 1.82) is 0 Å². The summed E-state index contributed by atoms with van der Waals surface area (Å²) in [5, 5.41) is 2.41. The zero-order valence-corrected chi connectivity index (χ0v) is 13.2. The van der Waals surface area contributed by atoms with E-state index in [9.17, 15) is 13.2 Å². The molecule has 1 aliphatic rings. The lowest BCUT2D eigenvalue weighted by Gasteiger charge is -2.11. The third kappa shape index (κ3) is 3.45. The quantitative estimate of drug-likeness (QED) is 0.802. The molecule has 0 fully saturated rings. The molecule has 3 rings (SSSR count). The molecule has 0 unspecified atom stereocenters. The molecule has 7 heteroatoms. The van der Waals surface area contributed by atoms with Gasteiger partial charge < -0.3 is 11.1 Å². The van der Waals surface area contributed by atoms with E-state index in [2.05, 4.69) is 10.0 Å². The molecule has 2 aromatic carbocycles. The predicted molar refractivity (Wildman–Crippen MR) is 88.9 cm³/mol. The van der Waals surface area contributed by atoms with Gasteiger partial charge in [-0.2, -0.15) is 0 Å². The van der Waals surface area contributed by atoms with E-state index >= 15 is 0 Å². The second kappa shape index (κ2) is 5.92. The van der Waals surface area contributed by atoms with Gasteiger partial charge in [0.25, 0.3) is 10.0 Å². The summed E-state index contributed by atoms with van der Waals surface area (Å²) in [6, 6.07) is 10.9. The van der Waals surface area contributed by atoms with Gasteiger partial charge in [0.1, 0.15) is 0 Å². The average Bonchev–Trinajstić information content (AvgIpc) is 2.93. The van der Waals surface area contributed by atoms with Crippen LogP contribution in [0.15, 0.2) is 47.4 Å². The van der Waals surface area contributed by atoms with Crippen molar-refractivity contribution in [3.8, 4) is 0 Å². The van der Waals surface area contributed by atoms with Gasteiger partial charge in [-0.1, -0.05) is 12.1 Å². The van der Waals surface area contributed by atoms with Crippen molar-refractivity contribution in [3.05, 3.63) is 53.6 Å². The molecule has 4 N–H and O–H groups in total. The van der Waals surface area contributed by atoms with Gasteiger partial charge >= 0.3 is 6.03 Å². The Hall–Kier alpha value is -2.54. The molecule has 2 aromatic rings. The summed E-state index contributed by atoms with van der Waals surface area (Å²) in [6.45, 7) is 0. The topological polar surface area (TPSA) is 101 Å². The minimum Gasteiger partial charge on any atom is -0.351 e. The number of carbonyl (C=O) groups is 1. The maximum Gasteiger partial charge on any atom is 0.316 e. The predicted octanol–water partition coefficient (Wildman–Crippen LogP) is 2.47. The number of benzene rings is 2. The third-order valence-corrected chi connectivity index (χ3v) is 5.14. The van der Waals surface area contributed by atoms with E-state index in [0.29, 0.717) is 11.4 Å². The molecular weight excluding hydrogens is 314 g/mol. The smallest absolute Gasteiger partial charge is 0.316 e. The highest BCUT2D eigenvalue weighted by molar-refractivity contribution is 7.92. The molecule has 1 aliphatic carbocycles. The Kier molecular flexibility index (Phi) is 3.96. The van der Waals surface area contributed by atoms with E-state index in [1.165, 1.54) is 11.6 Å². The molecule has 0 saturated heterocycles. The first-order valence-electron chi connectivity index (χ1n) is 7.25. The zero-order chi connectivity index (χ0) is 16.4. The zero-order valence-electron chi connectivity index (χ0n) is 12.4. The molecule has 0 saturated carbocycles. The largest absolute Gasteiger partial charge is 0.351 e. The first-order valence-corrected chi connectivity index (χ1v) is 8.73. The fraction of sp³-hybridized carbons (Fsp3) is 0.188. The molecule has 6 nitrogen and oxygen atoms in total. The summed E-state index contributed by atoms with van der Waals surface area (Å²) in [5.41, 5.74) is 8.15. The lowest BCUT2D eigenvalue weighted by Crippen LogP contribution is -2.19. The highest BCUT2D eigenvalue weighted by Gasteiger charge is 2.18. The van der Waals surface area contributed by atoms with Gasteiger partial charge in [-0.15, -0.1) is 0 Å². The molecule has 0 heterocycles. The summed E-state index contributed by atoms with van der Waals surface area (Å²) < 4.78 is 27.5. The van der Waals surface area contributed by atoms with Crippen molar-refractivity contribution in [3.63, 3.8) is 0 Å². The lowest BCUT2D eigenvalue weighted by atomic mass is 10.1. The normalized spacial score (nSPS) is 13.4. The van der Waals surface area contributed by atoms with Gasteiger partial charge in [-0.05, 0) is 60.7 Å². The molecule has 0 aliphatic heterocycles. The van der Waals surface area contributed by atoms with Crippen LogP contribution in [0, 0.1) is 0 Å². The van der Waals surface area contributed by atoms with Crippen LogP contribution in [0.4, 0.5) is 16.2 Å². The molecule has 0 spiro atoms. The maximum atomic E-state index is 12.5. The van der Waals surface area contributed by atoms with Crippen molar-refractivity contribution in [2.75, 3.05) is 10.0 Å². The Balaban J connectivity index is 1.85. The van der Waals surface area contributed by atoms with Crippen LogP contribution < -0.4 is 15.8 Å². The molecule has 23 heavy (non-hydrogen) atoms. The number of nitrogens with one attached hydrogen (secondary N) is 2. The Morgan fingerprint density at radius 1 is 1.00 bits per heavy atom. The monoisotopic (exact) mass is 331 g/mol. The van der Waals surface area contributed by atoms with Crippen LogP contribution in [0.25, 0.3) is 0 Å². The molecule has 0 bridgehead atoms.